The third-order valence-corrected chi connectivity index (χ3v) is 4.00. The number of hydrogen-bond donors (Lipinski definition) is 0. The highest BCUT2D eigenvalue weighted by Crippen LogP contribution is 2.25. The van der Waals surface area contributed by atoms with E-state index in [1.54, 1.807) is 13.8 Å². The Labute approximate surface area is 83.9 Å². The first-order chi connectivity index (χ1) is 6.21. The molecule has 1 aliphatic heterocycles. The van der Waals surface area contributed by atoms with Crippen molar-refractivity contribution < 1.29 is 17.4 Å². The monoisotopic (exact) mass is 229 g/mol. The van der Waals surface area contributed by atoms with E-state index in [4.69, 9.17) is 0 Å². The summed E-state index contributed by atoms with van der Waals surface area (Å²) in [5.41, 5.74) is -0.612. The fraction of sp³-hybridized carbons (Fsp3) is 1.00. The van der Waals surface area contributed by atoms with Crippen LogP contribution in [-0.2, 0) is 10.8 Å². The van der Waals surface area contributed by atoms with E-state index in [2.05, 4.69) is 0 Å². The van der Waals surface area contributed by atoms with Crippen molar-refractivity contribution >= 4 is 10.8 Å². The third-order valence-electron chi connectivity index (χ3n) is 2.33. The number of alkyl halides is 3. The molecule has 0 bridgehead atoms. The van der Waals surface area contributed by atoms with Gasteiger partial charge in [0.1, 0.15) is 0 Å². The quantitative estimate of drug-likeness (QED) is 0.677. The summed E-state index contributed by atoms with van der Waals surface area (Å²) in [6, 6.07) is 0. The molecular formula is C8H14F3NOS. The number of rotatable bonds is 1. The van der Waals surface area contributed by atoms with Crippen molar-refractivity contribution in [2.75, 3.05) is 24.6 Å². The molecule has 1 saturated heterocycles. The Morgan fingerprint density at radius 1 is 1.43 bits per heavy atom. The summed E-state index contributed by atoms with van der Waals surface area (Å²) in [6.45, 7) is 2.77. The van der Waals surface area contributed by atoms with E-state index in [1.165, 1.54) is 4.90 Å². The van der Waals surface area contributed by atoms with E-state index in [0.717, 1.165) is 0 Å². The molecule has 0 aromatic heterocycles. The highest BCUT2D eigenvalue weighted by atomic mass is 32.2. The average molecular weight is 229 g/mol. The van der Waals surface area contributed by atoms with Crippen molar-refractivity contribution in [1.29, 1.82) is 0 Å². The SMILES string of the molecule is CC1(C)C[S@](=O)CCN1CC(F)(F)F. The molecular weight excluding hydrogens is 215 g/mol. The minimum absolute atomic E-state index is 0.263. The van der Waals surface area contributed by atoms with Gasteiger partial charge in [-0.25, -0.2) is 0 Å². The van der Waals surface area contributed by atoms with E-state index < -0.39 is 29.1 Å². The topological polar surface area (TPSA) is 20.3 Å². The van der Waals surface area contributed by atoms with Crippen LogP contribution < -0.4 is 0 Å². The zero-order chi connectivity index (χ0) is 11.0. The van der Waals surface area contributed by atoms with Gasteiger partial charge in [0.25, 0.3) is 0 Å². The molecule has 0 amide bonds. The Kier molecular flexibility index (Phi) is 3.26. The van der Waals surface area contributed by atoms with Crippen molar-refractivity contribution in [3.05, 3.63) is 0 Å². The van der Waals surface area contributed by atoms with Gasteiger partial charge in [-0.2, -0.15) is 13.2 Å². The predicted octanol–water partition coefficient (Wildman–Crippen LogP) is 1.39. The second kappa shape index (κ2) is 3.81. The van der Waals surface area contributed by atoms with Crippen LogP contribution >= 0.6 is 0 Å². The van der Waals surface area contributed by atoms with Crippen LogP contribution in [0.1, 0.15) is 13.8 Å². The van der Waals surface area contributed by atoms with Gasteiger partial charge in [0.15, 0.2) is 0 Å². The summed E-state index contributed by atoms with van der Waals surface area (Å²) < 4.78 is 47.7. The number of nitrogens with zero attached hydrogens (tertiary/aromatic N) is 1. The summed E-state index contributed by atoms with van der Waals surface area (Å²) >= 11 is 0. The summed E-state index contributed by atoms with van der Waals surface area (Å²) in [5, 5.41) is 0. The van der Waals surface area contributed by atoms with Crippen LogP contribution in [0, 0.1) is 0 Å². The van der Waals surface area contributed by atoms with Gasteiger partial charge < -0.3 is 0 Å². The molecule has 1 atom stereocenters. The molecule has 0 aliphatic carbocycles. The van der Waals surface area contributed by atoms with Crippen molar-refractivity contribution in [3.63, 3.8) is 0 Å². The first kappa shape index (κ1) is 12.0. The molecule has 0 N–H and O–H groups in total. The highest BCUT2D eigenvalue weighted by molar-refractivity contribution is 7.85. The van der Waals surface area contributed by atoms with Gasteiger partial charge in [0.05, 0.1) is 6.54 Å². The van der Waals surface area contributed by atoms with Crippen molar-refractivity contribution in [2.45, 2.75) is 25.6 Å². The molecule has 0 aromatic carbocycles. The summed E-state index contributed by atoms with van der Waals surface area (Å²) in [4.78, 5) is 1.36. The smallest absolute Gasteiger partial charge is 0.288 e. The molecule has 1 rings (SSSR count). The summed E-state index contributed by atoms with van der Waals surface area (Å²) in [7, 11) is -0.968. The van der Waals surface area contributed by atoms with Crippen LogP contribution in [0.3, 0.4) is 0 Å². The van der Waals surface area contributed by atoms with E-state index in [-0.39, 0.29) is 6.54 Å². The molecule has 0 spiro atoms. The molecule has 1 fully saturated rings. The van der Waals surface area contributed by atoms with Gasteiger partial charge in [-0.3, -0.25) is 9.11 Å². The molecule has 2 nitrogen and oxygen atoms in total. The van der Waals surface area contributed by atoms with Crippen LogP contribution in [-0.4, -0.2) is 45.4 Å². The van der Waals surface area contributed by atoms with E-state index in [9.17, 15) is 17.4 Å². The first-order valence-corrected chi connectivity index (χ1v) is 5.86. The van der Waals surface area contributed by atoms with Gasteiger partial charge in [-0.1, -0.05) is 0 Å². The molecule has 1 heterocycles. The Hall–Kier alpha value is -0.100. The molecule has 84 valence electrons. The largest absolute Gasteiger partial charge is 0.401 e. The minimum atomic E-state index is -4.17. The van der Waals surface area contributed by atoms with Crippen molar-refractivity contribution in [2.24, 2.45) is 0 Å². The van der Waals surface area contributed by atoms with E-state index in [1.807, 2.05) is 0 Å². The zero-order valence-electron chi connectivity index (χ0n) is 8.23. The second-order valence-corrected chi connectivity index (χ2v) is 5.71. The van der Waals surface area contributed by atoms with Crippen LogP contribution in [0.25, 0.3) is 0 Å². The Morgan fingerprint density at radius 3 is 2.43 bits per heavy atom. The Balaban J connectivity index is 2.65. The van der Waals surface area contributed by atoms with Crippen molar-refractivity contribution in [1.82, 2.24) is 4.90 Å². The maximum absolute atomic E-state index is 12.2. The zero-order valence-corrected chi connectivity index (χ0v) is 9.04. The van der Waals surface area contributed by atoms with Crippen molar-refractivity contribution in [3.8, 4) is 0 Å². The highest BCUT2D eigenvalue weighted by Gasteiger charge is 2.40. The fourth-order valence-electron chi connectivity index (χ4n) is 1.58. The van der Waals surface area contributed by atoms with Crippen LogP contribution in [0.5, 0.6) is 0 Å². The standard InChI is InChI=1S/C8H14F3NOS/c1-7(2)6-14(13)4-3-12(7)5-8(9,10)11/h3-6H2,1-2H3/t14-/m1/s1. The number of hydrogen-bond acceptors (Lipinski definition) is 2. The molecule has 1 aliphatic rings. The van der Waals surface area contributed by atoms with Gasteiger partial charge in [0.2, 0.25) is 0 Å². The first-order valence-electron chi connectivity index (χ1n) is 4.37. The van der Waals surface area contributed by atoms with Crippen LogP contribution in [0.4, 0.5) is 13.2 Å². The predicted molar refractivity (Wildman–Crippen MR) is 49.6 cm³/mol. The minimum Gasteiger partial charge on any atom is -0.288 e. The second-order valence-electron chi connectivity index (χ2n) is 4.14. The van der Waals surface area contributed by atoms with Gasteiger partial charge in [0, 0.05) is 34.4 Å². The van der Waals surface area contributed by atoms with Gasteiger partial charge in [-0.15, -0.1) is 0 Å². The van der Waals surface area contributed by atoms with E-state index in [0.29, 0.717) is 11.5 Å². The third kappa shape index (κ3) is 3.24. The Bertz CT molecular complexity index is 239. The molecule has 0 radical (unpaired) electrons. The lowest BCUT2D eigenvalue weighted by molar-refractivity contribution is -0.155. The lowest BCUT2D eigenvalue weighted by Gasteiger charge is -2.42. The fourth-order valence-corrected chi connectivity index (χ4v) is 3.12. The maximum atomic E-state index is 12.2. The maximum Gasteiger partial charge on any atom is 0.401 e. The molecule has 0 aromatic rings. The Morgan fingerprint density at radius 2 is 2.00 bits per heavy atom. The molecule has 0 saturated carbocycles. The van der Waals surface area contributed by atoms with Gasteiger partial charge >= 0.3 is 6.18 Å². The summed E-state index contributed by atoms with van der Waals surface area (Å²) in [6.07, 6.45) is -4.17. The van der Waals surface area contributed by atoms with Crippen LogP contribution in [0.2, 0.25) is 0 Å². The normalized spacial score (nSPS) is 29.1. The molecule has 0 unspecified atom stereocenters. The van der Waals surface area contributed by atoms with Crippen LogP contribution in [0.15, 0.2) is 0 Å². The number of halogens is 3. The summed E-state index contributed by atoms with van der Waals surface area (Å²) in [5.74, 6) is 0.669. The molecule has 6 heteroatoms. The average Bonchev–Trinajstić information content (AvgIpc) is 1.91. The lowest BCUT2D eigenvalue weighted by Crippen LogP contribution is -2.56. The van der Waals surface area contributed by atoms with E-state index >= 15 is 0 Å². The lowest BCUT2D eigenvalue weighted by atomic mass is 10.1. The molecule has 14 heavy (non-hydrogen) atoms. The van der Waals surface area contributed by atoms with Gasteiger partial charge in [-0.05, 0) is 13.8 Å².